The number of aromatic carboxylic acids is 1. The number of methoxy groups -OCH3 is 2. The molecule has 0 unspecified atom stereocenters. The van der Waals surface area contributed by atoms with Crippen molar-refractivity contribution in [3.05, 3.63) is 114 Å². The first-order valence-electron chi connectivity index (χ1n) is 11.3. The maximum atomic E-state index is 12.9. The molecule has 0 saturated carbocycles. The van der Waals surface area contributed by atoms with Crippen molar-refractivity contribution in [3.8, 4) is 11.1 Å². The zero-order chi connectivity index (χ0) is 26.4. The van der Waals surface area contributed by atoms with Crippen LogP contribution in [0.25, 0.3) is 11.1 Å². The van der Waals surface area contributed by atoms with Gasteiger partial charge in [-0.2, -0.15) is 0 Å². The van der Waals surface area contributed by atoms with Crippen LogP contribution < -0.4 is 10.2 Å². The van der Waals surface area contributed by atoms with Crippen LogP contribution in [0.4, 0.5) is 17.1 Å². The Balaban J connectivity index is 1.94. The van der Waals surface area contributed by atoms with Crippen LogP contribution in [-0.4, -0.2) is 37.2 Å². The van der Waals surface area contributed by atoms with Crippen LogP contribution >= 0.6 is 0 Å². The first-order valence-corrected chi connectivity index (χ1v) is 11.3. The van der Waals surface area contributed by atoms with Gasteiger partial charge in [0.05, 0.1) is 36.7 Å². The molecule has 1 aliphatic rings. The lowest BCUT2D eigenvalue weighted by atomic mass is 10.0. The van der Waals surface area contributed by atoms with Crippen molar-refractivity contribution in [1.82, 2.24) is 0 Å². The number of para-hydroxylation sites is 2. The molecule has 0 atom stereocenters. The van der Waals surface area contributed by atoms with E-state index in [2.05, 4.69) is 5.32 Å². The summed E-state index contributed by atoms with van der Waals surface area (Å²) < 4.78 is 9.87. The molecule has 0 amide bonds. The third-order valence-electron chi connectivity index (χ3n) is 5.69. The SMILES string of the molecule is COC(=O)C1=C(C(=O)OC)N(c2cccc(C(=O)O)c2Nc2ccccc2-c2ccccc2)C=CC=C1. The molecule has 2 N–H and O–H groups in total. The van der Waals surface area contributed by atoms with Gasteiger partial charge in [-0.1, -0.05) is 60.7 Å². The highest BCUT2D eigenvalue weighted by atomic mass is 16.5. The van der Waals surface area contributed by atoms with Gasteiger partial charge in [0, 0.05) is 17.5 Å². The average Bonchev–Trinajstić information content (AvgIpc) is 3.16. The number of allylic oxidation sites excluding steroid dienone is 2. The molecule has 0 aliphatic carbocycles. The third-order valence-corrected chi connectivity index (χ3v) is 5.69. The number of carbonyl (C=O) groups excluding carboxylic acids is 2. The van der Waals surface area contributed by atoms with Crippen molar-refractivity contribution >= 4 is 35.0 Å². The summed E-state index contributed by atoms with van der Waals surface area (Å²) >= 11 is 0. The molecule has 0 radical (unpaired) electrons. The smallest absolute Gasteiger partial charge is 0.355 e. The Labute approximate surface area is 213 Å². The Kier molecular flexibility index (Phi) is 7.49. The van der Waals surface area contributed by atoms with Crippen LogP contribution in [0.15, 0.2) is 108 Å². The normalized spacial score (nSPS) is 12.6. The molecule has 3 aromatic rings. The number of anilines is 3. The molecule has 186 valence electrons. The van der Waals surface area contributed by atoms with Gasteiger partial charge in [0.25, 0.3) is 0 Å². The first kappa shape index (κ1) is 25.0. The number of hydrogen-bond acceptors (Lipinski definition) is 7. The van der Waals surface area contributed by atoms with Crippen molar-refractivity contribution in [3.63, 3.8) is 0 Å². The largest absolute Gasteiger partial charge is 0.478 e. The molecule has 0 aromatic heterocycles. The van der Waals surface area contributed by atoms with Crippen LogP contribution in [0.3, 0.4) is 0 Å². The highest BCUT2D eigenvalue weighted by molar-refractivity contribution is 6.08. The number of ether oxygens (including phenoxy) is 2. The van der Waals surface area contributed by atoms with Crippen LogP contribution in [-0.2, 0) is 19.1 Å². The molecule has 0 saturated heterocycles. The number of nitrogens with zero attached hydrogens (tertiary/aromatic N) is 1. The van der Waals surface area contributed by atoms with Gasteiger partial charge in [-0.25, -0.2) is 14.4 Å². The molecule has 8 nitrogen and oxygen atoms in total. The zero-order valence-electron chi connectivity index (χ0n) is 20.2. The minimum Gasteiger partial charge on any atom is -0.478 e. The van der Waals surface area contributed by atoms with Crippen molar-refractivity contribution in [2.75, 3.05) is 24.4 Å². The van der Waals surface area contributed by atoms with Crippen molar-refractivity contribution < 1.29 is 29.0 Å². The van der Waals surface area contributed by atoms with Crippen molar-refractivity contribution in [2.24, 2.45) is 0 Å². The summed E-state index contributed by atoms with van der Waals surface area (Å²) in [5, 5.41) is 13.3. The van der Waals surface area contributed by atoms with E-state index in [0.717, 1.165) is 11.1 Å². The fourth-order valence-corrected chi connectivity index (χ4v) is 4.00. The lowest BCUT2D eigenvalue weighted by molar-refractivity contribution is -0.139. The Morgan fingerprint density at radius 3 is 2.22 bits per heavy atom. The van der Waals surface area contributed by atoms with Gasteiger partial charge in [-0.15, -0.1) is 0 Å². The maximum Gasteiger partial charge on any atom is 0.355 e. The molecule has 8 heteroatoms. The molecule has 1 aliphatic heterocycles. The van der Waals surface area contributed by atoms with Crippen LogP contribution in [0.2, 0.25) is 0 Å². The van der Waals surface area contributed by atoms with Gasteiger partial charge in [-0.3, -0.25) is 0 Å². The summed E-state index contributed by atoms with van der Waals surface area (Å²) in [6.07, 6.45) is 6.18. The van der Waals surface area contributed by atoms with E-state index in [9.17, 15) is 19.5 Å². The van der Waals surface area contributed by atoms with Crippen molar-refractivity contribution in [1.29, 1.82) is 0 Å². The zero-order valence-corrected chi connectivity index (χ0v) is 20.2. The minimum atomic E-state index is -1.17. The summed E-state index contributed by atoms with van der Waals surface area (Å²) in [4.78, 5) is 39.2. The predicted octanol–water partition coefficient (Wildman–Crippen LogP) is 5.29. The molecular weight excluding hydrogens is 472 g/mol. The fraction of sp³-hybridized carbons (Fsp3) is 0.0690. The summed E-state index contributed by atoms with van der Waals surface area (Å²) in [6.45, 7) is 0. The van der Waals surface area contributed by atoms with E-state index in [1.165, 1.54) is 31.3 Å². The lowest BCUT2D eigenvalue weighted by Gasteiger charge is -2.27. The van der Waals surface area contributed by atoms with E-state index in [1.54, 1.807) is 30.5 Å². The first-order chi connectivity index (χ1) is 18.0. The Hall–Kier alpha value is -5.11. The monoisotopic (exact) mass is 496 g/mol. The molecule has 37 heavy (non-hydrogen) atoms. The van der Waals surface area contributed by atoms with E-state index >= 15 is 0 Å². The Morgan fingerprint density at radius 1 is 0.811 bits per heavy atom. The van der Waals surface area contributed by atoms with Gasteiger partial charge in [-0.05, 0) is 35.9 Å². The van der Waals surface area contributed by atoms with Crippen LogP contribution in [0.1, 0.15) is 10.4 Å². The molecular formula is C29H24N2O6. The fourth-order valence-electron chi connectivity index (χ4n) is 4.00. The quantitative estimate of drug-likeness (QED) is 0.426. The van der Waals surface area contributed by atoms with Crippen LogP contribution in [0, 0.1) is 0 Å². The maximum absolute atomic E-state index is 12.9. The second-order valence-electron chi connectivity index (χ2n) is 7.86. The second-order valence-corrected chi connectivity index (χ2v) is 7.86. The number of carbonyl (C=O) groups is 3. The van der Waals surface area contributed by atoms with Gasteiger partial charge in [0.1, 0.15) is 5.70 Å². The average molecular weight is 497 g/mol. The van der Waals surface area contributed by atoms with Gasteiger partial charge in [0.2, 0.25) is 0 Å². The molecule has 3 aromatic carbocycles. The number of hydrogen-bond donors (Lipinski definition) is 2. The lowest BCUT2D eigenvalue weighted by Crippen LogP contribution is -2.27. The predicted molar refractivity (Wildman–Crippen MR) is 140 cm³/mol. The minimum absolute atomic E-state index is 0.0326. The number of rotatable bonds is 7. The number of benzene rings is 3. The highest BCUT2D eigenvalue weighted by Crippen LogP contribution is 2.39. The topological polar surface area (TPSA) is 105 Å². The molecule has 1 heterocycles. The summed E-state index contributed by atoms with van der Waals surface area (Å²) in [5.74, 6) is -2.72. The Morgan fingerprint density at radius 2 is 1.51 bits per heavy atom. The number of esters is 2. The molecule has 0 spiro atoms. The number of nitrogens with one attached hydrogen (secondary N) is 1. The molecule has 0 fully saturated rings. The van der Waals surface area contributed by atoms with E-state index in [1.807, 2.05) is 54.6 Å². The second kappa shape index (κ2) is 11.1. The Bertz CT molecular complexity index is 1440. The van der Waals surface area contributed by atoms with Crippen LogP contribution in [0.5, 0.6) is 0 Å². The third kappa shape index (κ3) is 5.13. The van der Waals surface area contributed by atoms with E-state index in [0.29, 0.717) is 11.4 Å². The van der Waals surface area contributed by atoms with E-state index < -0.39 is 17.9 Å². The molecule has 0 bridgehead atoms. The summed E-state index contributed by atoms with van der Waals surface area (Å²) in [5.41, 5.74) is 2.76. The summed E-state index contributed by atoms with van der Waals surface area (Å²) in [6, 6.07) is 21.8. The van der Waals surface area contributed by atoms with E-state index in [-0.39, 0.29) is 22.5 Å². The number of carboxylic acid groups (broad SMARTS) is 1. The van der Waals surface area contributed by atoms with Gasteiger partial charge < -0.3 is 24.8 Å². The molecule has 4 rings (SSSR count). The van der Waals surface area contributed by atoms with E-state index in [4.69, 9.17) is 9.47 Å². The van der Waals surface area contributed by atoms with Gasteiger partial charge in [0.15, 0.2) is 0 Å². The highest BCUT2D eigenvalue weighted by Gasteiger charge is 2.30. The van der Waals surface area contributed by atoms with Gasteiger partial charge >= 0.3 is 17.9 Å². The number of carboxylic acids is 1. The summed E-state index contributed by atoms with van der Waals surface area (Å²) in [7, 11) is 2.41. The van der Waals surface area contributed by atoms with Crippen molar-refractivity contribution in [2.45, 2.75) is 0 Å². The standard InChI is InChI=1S/C29H24N2O6/c1-36-28(34)22-14-8-9-18-31(26(22)29(35)37-2)24-17-10-15-21(27(32)33)25(24)30-23-16-7-6-13-20(23)19-11-4-3-5-12-19/h3-18,30H,1-2H3,(H,32,33).